The van der Waals surface area contributed by atoms with Crippen molar-refractivity contribution in [2.24, 2.45) is 0 Å². The van der Waals surface area contributed by atoms with Gasteiger partial charge in [-0.3, -0.25) is 0 Å². The van der Waals surface area contributed by atoms with Crippen LogP contribution in [0.4, 0.5) is 0 Å². The Hall–Kier alpha value is -0.450. The predicted molar refractivity (Wildman–Crippen MR) is 57.1 cm³/mol. The molecule has 0 amide bonds. The molecule has 0 bridgehead atoms. The zero-order valence-corrected chi connectivity index (χ0v) is 9.32. The molecule has 1 N–H and O–H groups in total. The third kappa shape index (κ3) is 4.36. The fourth-order valence-corrected chi connectivity index (χ4v) is 1.72. The second-order valence-electron chi connectivity index (χ2n) is 3.36. The molecule has 4 heteroatoms. The minimum absolute atomic E-state index is 0.895. The van der Waals surface area contributed by atoms with Crippen molar-refractivity contribution >= 4 is 11.3 Å². The first-order valence-corrected chi connectivity index (χ1v) is 5.33. The number of nitrogens with zero attached hydrogens (tertiary/aromatic N) is 2. The highest BCUT2D eigenvalue weighted by Gasteiger charge is 1.97. The van der Waals surface area contributed by atoms with Gasteiger partial charge in [-0.25, -0.2) is 4.98 Å². The van der Waals surface area contributed by atoms with Gasteiger partial charge in [-0.2, -0.15) is 0 Å². The second kappa shape index (κ2) is 5.32. The predicted octanol–water partition coefficient (Wildman–Crippen LogP) is 1.10. The fraction of sp³-hybridized carbons (Fsp3) is 0.667. The lowest BCUT2D eigenvalue weighted by molar-refractivity contribution is 0.400. The van der Waals surface area contributed by atoms with Crippen molar-refractivity contribution in [3.63, 3.8) is 0 Å². The molecule has 0 saturated carbocycles. The van der Waals surface area contributed by atoms with E-state index < -0.39 is 0 Å². The quantitative estimate of drug-likeness (QED) is 0.720. The van der Waals surface area contributed by atoms with E-state index in [0.29, 0.717) is 0 Å². The normalized spacial score (nSPS) is 11.1. The van der Waals surface area contributed by atoms with E-state index in [0.717, 1.165) is 25.3 Å². The van der Waals surface area contributed by atoms with Gasteiger partial charge in [0.25, 0.3) is 0 Å². The summed E-state index contributed by atoms with van der Waals surface area (Å²) in [6.07, 6.45) is 0. The molecule has 74 valence electrons. The van der Waals surface area contributed by atoms with Gasteiger partial charge < -0.3 is 10.2 Å². The Morgan fingerprint density at radius 3 is 2.85 bits per heavy atom. The smallest absolute Gasteiger partial charge is 0.107 e. The molecule has 0 unspecified atom stereocenters. The SMILES string of the molecule is Cc1csc(CNCCN(C)C)n1. The molecule has 0 aliphatic carbocycles. The first kappa shape index (κ1) is 10.6. The van der Waals surface area contributed by atoms with E-state index in [9.17, 15) is 0 Å². The first-order chi connectivity index (χ1) is 6.18. The lowest BCUT2D eigenvalue weighted by Gasteiger charge is -2.08. The topological polar surface area (TPSA) is 28.2 Å². The minimum atomic E-state index is 0.895. The Morgan fingerprint density at radius 1 is 1.54 bits per heavy atom. The van der Waals surface area contributed by atoms with Crippen molar-refractivity contribution < 1.29 is 0 Å². The summed E-state index contributed by atoms with van der Waals surface area (Å²) in [5.74, 6) is 0. The van der Waals surface area contributed by atoms with Crippen LogP contribution < -0.4 is 5.32 Å². The molecule has 0 atom stereocenters. The van der Waals surface area contributed by atoms with Gasteiger partial charge in [0.15, 0.2) is 0 Å². The van der Waals surface area contributed by atoms with Crippen LogP contribution in [-0.2, 0) is 6.54 Å². The lowest BCUT2D eigenvalue weighted by Crippen LogP contribution is -2.26. The van der Waals surface area contributed by atoms with Crippen LogP contribution in [0.2, 0.25) is 0 Å². The number of aromatic nitrogens is 1. The van der Waals surface area contributed by atoms with Crippen LogP contribution in [0.3, 0.4) is 0 Å². The molecule has 0 radical (unpaired) electrons. The molecule has 0 aliphatic heterocycles. The van der Waals surface area contributed by atoms with Crippen molar-refractivity contribution in [3.8, 4) is 0 Å². The van der Waals surface area contributed by atoms with Gasteiger partial charge in [0.05, 0.1) is 0 Å². The zero-order valence-electron chi connectivity index (χ0n) is 8.50. The molecule has 0 aliphatic rings. The van der Waals surface area contributed by atoms with Crippen LogP contribution in [0.15, 0.2) is 5.38 Å². The van der Waals surface area contributed by atoms with Crippen LogP contribution in [-0.4, -0.2) is 37.1 Å². The number of hydrogen-bond donors (Lipinski definition) is 1. The number of likely N-dealkylation sites (N-methyl/N-ethyl adjacent to an activating group) is 1. The molecular formula is C9H17N3S. The van der Waals surface area contributed by atoms with E-state index in [1.807, 2.05) is 6.92 Å². The van der Waals surface area contributed by atoms with Crippen molar-refractivity contribution in [1.82, 2.24) is 15.2 Å². The largest absolute Gasteiger partial charge is 0.309 e. The van der Waals surface area contributed by atoms with Crippen molar-refractivity contribution in [3.05, 3.63) is 16.1 Å². The van der Waals surface area contributed by atoms with Crippen LogP contribution in [0, 0.1) is 6.92 Å². The van der Waals surface area contributed by atoms with Gasteiger partial charge in [-0.1, -0.05) is 0 Å². The van der Waals surface area contributed by atoms with Crippen LogP contribution >= 0.6 is 11.3 Å². The molecule has 1 rings (SSSR count). The van der Waals surface area contributed by atoms with E-state index in [1.54, 1.807) is 11.3 Å². The summed E-state index contributed by atoms with van der Waals surface area (Å²) in [6.45, 7) is 5.02. The number of thiazole rings is 1. The average molecular weight is 199 g/mol. The summed E-state index contributed by atoms with van der Waals surface area (Å²) in [4.78, 5) is 6.54. The van der Waals surface area contributed by atoms with Gasteiger partial charge in [-0.05, 0) is 21.0 Å². The maximum atomic E-state index is 4.37. The molecule has 0 saturated heterocycles. The van der Waals surface area contributed by atoms with Gasteiger partial charge in [0.2, 0.25) is 0 Å². The molecule has 3 nitrogen and oxygen atoms in total. The first-order valence-electron chi connectivity index (χ1n) is 4.45. The van der Waals surface area contributed by atoms with Gasteiger partial charge in [-0.15, -0.1) is 11.3 Å². The molecule has 1 aromatic rings. The molecule has 0 aromatic carbocycles. The average Bonchev–Trinajstić information content (AvgIpc) is 2.45. The Morgan fingerprint density at radius 2 is 2.31 bits per heavy atom. The standard InChI is InChI=1S/C9H17N3S/c1-8-7-13-9(11-8)6-10-4-5-12(2)3/h7,10H,4-6H2,1-3H3. The van der Waals surface area contributed by atoms with E-state index in [1.165, 1.54) is 5.01 Å². The van der Waals surface area contributed by atoms with E-state index in [4.69, 9.17) is 0 Å². The number of aryl methyl sites for hydroxylation is 1. The minimum Gasteiger partial charge on any atom is -0.309 e. The number of nitrogens with one attached hydrogen (secondary N) is 1. The summed E-state index contributed by atoms with van der Waals surface area (Å²) < 4.78 is 0. The molecule has 1 aromatic heterocycles. The Bertz CT molecular complexity index is 245. The van der Waals surface area contributed by atoms with Crippen molar-refractivity contribution in [2.75, 3.05) is 27.2 Å². The molecule has 13 heavy (non-hydrogen) atoms. The zero-order chi connectivity index (χ0) is 9.68. The fourth-order valence-electron chi connectivity index (χ4n) is 0.982. The van der Waals surface area contributed by atoms with Gasteiger partial charge >= 0.3 is 0 Å². The third-order valence-corrected chi connectivity index (χ3v) is 2.65. The van der Waals surface area contributed by atoms with Gasteiger partial charge in [0.1, 0.15) is 5.01 Å². The summed E-state index contributed by atoms with van der Waals surface area (Å²) >= 11 is 1.72. The van der Waals surface area contributed by atoms with Crippen molar-refractivity contribution in [1.29, 1.82) is 0 Å². The van der Waals surface area contributed by atoms with E-state index in [2.05, 4.69) is 34.7 Å². The highest BCUT2D eigenvalue weighted by atomic mass is 32.1. The maximum Gasteiger partial charge on any atom is 0.107 e. The van der Waals surface area contributed by atoms with Crippen LogP contribution in [0.1, 0.15) is 10.7 Å². The number of hydrogen-bond acceptors (Lipinski definition) is 4. The highest BCUT2D eigenvalue weighted by molar-refractivity contribution is 7.09. The van der Waals surface area contributed by atoms with Crippen LogP contribution in [0.5, 0.6) is 0 Å². The Kier molecular flexibility index (Phi) is 4.35. The summed E-state index contributed by atoms with van der Waals surface area (Å²) in [7, 11) is 4.16. The Labute approximate surface area is 83.8 Å². The second-order valence-corrected chi connectivity index (χ2v) is 4.31. The molecule has 1 heterocycles. The summed E-state index contributed by atoms with van der Waals surface area (Å²) in [6, 6.07) is 0. The summed E-state index contributed by atoms with van der Waals surface area (Å²) in [5, 5.41) is 6.62. The lowest BCUT2D eigenvalue weighted by atomic mass is 10.5. The van der Waals surface area contributed by atoms with E-state index >= 15 is 0 Å². The maximum absolute atomic E-state index is 4.37. The number of rotatable bonds is 5. The molecular weight excluding hydrogens is 182 g/mol. The van der Waals surface area contributed by atoms with Gasteiger partial charge in [0, 0.05) is 30.7 Å². The third-order valence-electron chi connectivity index (χ3n) is 1.68. The summed E-state index contributed by atoms with van der Waals surface area (Å²) in [5.41, 5.74) is 1.12. The van der Waals surface area contributed by atoms with Crippen molar-refractivity contribution in [2.45, 2.75) is 13.5 Å². The molecule has 0 fully saturated rings. The van der Waals surface area contributed by atoms with E-state index in [-0.39, 0.29) is 0 Å². The highest BCUT2D eigenvalue weighted by Crippen LogP contribution is 2.07. The molecule has 0 spiro atoms. The van der Waals surface area contributed by atoms with Crippen LogP contribution in [0.25, 0.3) is 0 Å². The monoisotopic (exact) mass is 199 g/mol. The Balaban J connectivity index is 2.13.